The SMILES string of the molecule is Cc1ccccc1-n1c(S[C@@H]2CCCCC2=O)nnc1-c1cccnc1. The zero-order chi connectivity index (χ0) is 17.9. The molecule has 1 aromatic carbocycles. The number of ketones is 1. The molecule has 1 atom stereocenters. The molecule has 132 valence electrons. The van der Waals surface area contributed by atoms with Crippen LogP contribution < -0.4 is 0 Å². The Kier molecular flexibility index (Phi) is 4.84. The van der Waals surface area contributed by atoms with Crippen molar-refractivity contribution in [1.29, 1.82) is 0 Å². The van der Waals surface area contributed by atoms with E-state index in [-0.39, 0.29) is 5.25 Å². The summed E-state index contributed by atoms with van der Waals surface area (Å²) in [4.78, 5) is 16.5. The number of aromatic nitrogens is 4. The molecule has 0 saturated heterocycles. The lowest BCUT2D eigenvalue weighted by Crippen LogP contribution is -2.21. The summed E-state index contributed by atoms with van der Waals surface area (Å²) in [5.41, 5.74) is 3.07. The van der Waals surface area contributed by atoms with Crippen molar-refractivity contribution in [2.45, 2.75) is 43.0 Å². The van der Waals surface area contributed by atoms with Crippen molar-refractivity contribution < 1.29 is 4.79 Å². The first-order valence-electron chi connectivity index (χ1n) is 8.85. The van der Waals surface area contributed by atoms with Crippen LogP contribution in [-0.4, -0.2) is 30.8 Å². The van der Waals surface area contributed by atoms with Crippen molar-refractivity contribution in [2.24, 2.45) is 0 Å². The van der Waals surface area contributed by atoms with Crippen LogP contribution >= 0.6 is 11.8 Å². The van der Waals surface area contributed by atoms with Crippen molar-refractivity contribution in [3.05, 3.63) is 54.4 Å². The molecule has 1 aliphatic rings. The van der Waals surface area contributed by atoms with Crippen molar-refractivity contribution in [1.82, 2.24) is 19.7 Å². The van der Waals surface area contributed by atoms with Crippen molar-refractivity contribution in [3.8, 4) is 17.1 Å². The van der Waals surface area contributed by atoms with Crippen LogP contribution in [0, 0.1) is 6.92 Å². The first-order chi connectivity index (χ1) is 12.7. The van der Waals surface area contributed by atoms with E-state index in [9.17, 15) is 4.79 Å². The van der Waals surface area contributed by atoms with Gasteiger partial charge in [-0.25, -0.2) is 0 Å². The molecule has 0 bridgehead atoms. The van der Waals surface area contributed by atoms with E-state index in [0.717, 1.165) is 47.1 Å². The fraction of sp³-hybridized carbons (Fsp3) is 0.300. The third-order valence-corrected chi connectivity index (χ3v) is 5.91. The number of para-hydroxylation sites is 1. The van der Waals surface area contributed by atoms with E-state index in [1.807, 2.05) is 24.3 Å². The molecule has 0 N–H and O–H groups in total. The van der Waals surface area contributed by atoms with Gasteiger partial charge in [-0.1, -0.05) is 36.4 Å². The minimum Gasteiger partial charge on any atom is -0.298 e. The molecule has 26 heavy (non-hydrogen) atoms. The van der Waals surface area contributed by atoms with Gasteiger partial charge in [0.15, 0.2) is 11.0 Å². The fourth-order valence-electron chi connectivity index (χ4n) is 3.26. The van der Waals surface area contributed by atoms with Crippen molar-refractivity contribution in [3.63, 3.8) is 0 Å². The summed E-state index contributed by atoms with van der Waals surface area (Å²) in [6.45, 7) is 2.07. The van der Waals surface area contributed by atoms with Gasteiger partial charge >= 0.3 is 0 Å². The van der Waals surface area contributed by atoms with E-state index >= 15 is 0 Å². The van der Waals surface area contributed by atoms with Crippen LogP contribution in [0.4, 0.5) is 0 Å². The number of carbonyl (C=O) groups is 1. The number of carbonyl (C=O) groups excluding carboxylic acids is 1. The number of hydrogen-bond donors (Lipinski definition) is 0. The topological polar surface area (TPSA) is 60.7 Å². The highest BCUT2D eigenvalue weighted by atomic mass is 32.2. The molecule has 0 aliphatic heterocycles. The number of benzene rings is 1. The molecular formula is C20H20N4OS. The van der Waals surface area contributed by atoms with Gasteiger partial charge in [-0.2, -0.15) is 0 Å². The van der Waals surface area contributed by atoms with E-state index < -0.39 is 0 Å². The van der Waals surface area contributed by atoms with Gasteiger partial charge in [-0.15, -0.1) is 10.2 Å². The minimum absolute atomic E-state index is 0.0301. The van der Waals surface area contributed by atoms with Crippen LogP contribution in [0.15, 0.2) is 53.9 Å². The predicted molar refractivity (Wildman–Crippen MR) is 102 cm³/mol. The second-order valence-electron chi connectivity index (χ2n) is 6.49. The van der Waals surface area contributed by atoms with Crippen LogP contribution in [0.5, 0.6) is 0 Å². The Bertz CT molecular complexity index is 923. The molecular weight excluding hydrogens is 344 g/mol. The van der Waals surface area contributed by atoms with E-state index in [0.29, 0.717) is 12.2 Å². The Labute approximate surface area is 156 Å². The third-order valence-electron chi connectivity index (χ3n) is 4.66. The monoisotopic (exact) mass is 364 g/mol. The van der Waals surface area contributed by atoms with E-state index in [2.05, 4.69) is 38.8 Å². The highest BCUT2D eigenvalue weighted by Crippen LogP contribution is 2.35. The summed E-state index contributed by atoms with van der Waals surface area (Å²) in [5.74, 6) is 1.07. The number of pyridine rings is 1. The Morgan fingerprint density at radius 1 is 1.12 bits per heavy atom. The fourth-order valence-corrected chi connectivity index (χ4v) is 4.43. The van der Waals surface area contributed by atoms with E-state index in [4.69, 9.17) is 0 Å². The first-order valence-corrected chi connectivity index (χ1v) is 9.73. The summed E-state index contributed by atoms with van der Waals surface area (Å²) in [6.07, 6.45) is 7.21. The van der Waals surface area contributed by atoms with E-state index in [1.54, 1.807) is 12.4 Å². The maximum absolute atomic E-state index is 12.3. The van der Waals surface area contributed by atoms with Crippen molar-refractivity contribution >= 4 is 17.5 Å². The largest absolute Gasteiger partial charge is 0.298 e. The normalized spacial score (nSPS) is 17.4. The van der Waals surface area contributed by atoms with Gasteiger partial charge in [-0.3, -0.25) is 14.3 Å². The standard InChI is InChI=1S/C20H20N4OS/c1-14-7-2-3-9-16(14)24-19(15-8-6-12-21-13-15)22-23-20(24)26-18-11-5-4-10-17(18)25/h2-3,6-9,12-13,18H,4-5,10-11H2,1H3/t18-/m1/s1. The number of rotatable bonds is 4. The Balaban J connectivity index is 1.81. The molecule has 0 amide bonds. The van der Waals surface area contributed by atoms with Crippen LogP contribution in [-0.2, 0) is 4.79 Å². The molecule has 0 unspecified atom stereocenters. The molecule has 1 fully saturated rings. The summed E-state index contributed by atoms with van der Waals surface area (Å²) >= 11 is 1.54. The molecule has 1 aliphatic carbocycles. The predicted octanol–water partition coefficient (Wildman–Crippen LogP) is 4.24. The van der Waals surface area contributed by atoms with Gasteiger partial charge in [0.25, 0.3) is 0 Å². The summed E-state index contributed by atoms with van der Waals surface area (Å²) in [7, 11) is 0. The molecule has 4 rings (SSSR count). The van der Waals surface area contributed by atoms with Gasteiger partial charge in [0.1, 0.15) is 5.78 Å². The molecule has 5 nitrogen and oxygen atoms in total. The van der Waals surface area contributed by atoms with E-state index in [1.165, 1.54) is 11.8 Å². The van der Waals surface area contributed by atoms with Gasteiger partial charge in [0.2, 0.25) is 0 Å². The quantitative estimate of drug-likeness (QED) is 0.693. The zero-order valence-corrected chi connectivity index (χ0v) is 15.4. The maximum Gasteiger partial charge on any atom is 0.196 e. The Morgan fingerprint density at radius 3 is 2.77 bits per heavy atom. The van der Waals surface area contributed by atoms with Crippen LogP contribution in [0.25, 0.3) is 17.1 Å². The molecule has 1 saturated carbocycles. The molecule has 2 aromatic heterocycles. The lowest BCUT2D eigenvalue weighted by atomic mass is 9.99. The average Bonchev–Trinajstić information content (AvgIpc) is 3.08. The van der Waals surface area contributed by atoms with Crippen LogP contribution in [0.3, 0.4) is 0 Å². The first kappa shape index (κ1) is 17.0. The van der Waals surface area contributed by atoms with Gasteiger partial charge < -0.3 is 0 Å². The van der Waals surface area contributed by atoms with Gasteiger partial charge in [0.05, 0.1) is 10.9 Å². The number of aryl methyl sites for hydroxylation is 1. The highest BCUT2D eigenvalue weighted by Gasteiger charge is 2.27. The summed E-state index contributed by atoms with van der Waals surface area (Å²) in [6, 6.07) is 12.0. The molecule has 6 heteroatoms. The molecule has 0 radical (unpaired) electrons. The maximum atomic E-state index is 12.3. The van der Waals surface area contributed by atoms with Crippen LogP contribution in [0.2, 0.25) is 0 Å². The number of Topliss-reactive ketones (excluding diaryl/α,β-unsaturated/α-hetero) is 1. The average molecular weight is 364 g/mol. The molecule has 0 spiro atoms. The van der Waals surface area contributed by atoms with Crippen molar-refractivity contribution in [2.75, 3.05) is 0 Å². The second kappa shape index (κ2) is 7.41. The lowest BCUT2D eigenvalue weighted by Gasteiger charge is -2.20. The Hall–Kier alpha value is -2.47. The number of nitrogens with zero attached hydrogens (tertiary/aromatic N) is 4. The smallest absolute Gasteiger partial charge is 0.196 e. The summed E-state index contributed by atoms with van der Waals surface area (Å²) in [5, 5.41) is 9.60. The lowest BCUT2D eigenvalue weighted by molar-refractivity contribution is -0.119. The number of thioether (sulfide) groups is 1. The van der Waals surface area contributed by atoms with Gasteiger partial charge in [-0.05, 0) is 43.5 Å². The third kappa shape index (κ3) is 3.29. The van der Waals surface area contributed by atoms with Crippen LogP contribution in [0.1, 0.15) is 31.2 Å². The highest BCUT2D eigenvalue weighted by molar-refractivity contribution is 8.00. The summed E-state index contributed by atoms with van der Waals surface area (Å²) < 4.78 is 2.05. The molecule has 3 aromatic rings. The minimum atomic E-state index is -0.0301. The Morgan fingerprint density at radius 2 is 2.00 bits per heavy atom. The number of hydrogen-bond acceptors (Lipinski definition) is 5. The molecule has 2 heterocycles. The van der Waals surface area contributed by atoms with Gasteiger partial charge in [0, 0.05) is 24.4 Å². The zero-order valence-electron chi connectivity index (χ0n) is 14.6. The second-order valence-corrected chi connectivity index (χ2v) is 7.66.